The molecular formula is C40H78O4. The van der Waals surface area contributed by atoms with E-state index in [0.717, 1.165) is 12.8 Å². The van der Waals surface area contributed by atoms with Crippen LogP contribution < -0.4 is 0 Å². The van der Waals surface area contributed by atoms with E-state index in [-0.39, 0.29) is 11.9 Å². The van der Waals surface area contributed by atoms with Crippen molar-refractivity contribution in [2.45, 2.75) is 231 Å². The Morgan fingerprint density at radius 3 is 0.477 bits per heavy atom. The van der Waals surface area contributed by atoms with Crippen LogP contribution in [-0.2, 0) is 19.1 Å². The lowest BCUT2D eigenvalue weighted by Gasteiger charge is -2.05. The zero-order chi connectivity index (χ0) is 32.0. The van der Waals surface area contributed by atoms with Gasteiger partial charge in [0.2, 0.25) is 0 Å². The van der Waals surface area contributed by atoms with Crippen molar-refractivity contribution in [2.75, 3.05) is 14.2 Å². The second-order valence-electron chi connectivity index (χ2n) is 13.7. The van der Waals surface area contributed by atoms with E-state index in [4.69, 9.17) is 0 Å². The maximum absolute atomic E-state index is 11.1. The fourth-order valence-corrected chi connectivity index (χ4v) is 6.40. The molecule has 0 aliphatic heterocycles. The van der Waals surface area contributed by atoms with Crippen molar-refractivity contribution in [3.05, 3.63) is 0 Å². The highest BCUT2D eigenvalue weighted by atomic mass is 16.5. The van der Waals surface area contributed by atoms with Crippen molar-refractivity contribution in [2.24, 2.45) is 0 Å². The molecule has 0 saturated heterocycles. The van der Waals surface area contributed by atoms with Crippen LogP contribution in [0.15, 0.2) is 0 Å². The van der Waals surface area contributed by atoms with Gasteiger partial charge in [0.1, 0.15) is 0 Å². The number of hydrogen-bond acceptors (Lipinski definition) is 4. The maximum atomic E-state index is 11.1. The first-order chi connectivity index (χ1) is 21.7. The van der Waals surface area contributed by atoms with Crippen LogP contribution in [0.4, 0.5) is 0 Å². The molecule has 0 radical (unpaired) electrons. The van der Waals surface area contributed by atoms with E-state index in [1.54, 1.807) is 0 Å². The summed E-state index contributed by atoms with van der Waals surface area (Å²) in [6.07, 6.45) is 48.0. The van der Waals surface area contributed by atoms with Gasteiger partial charge in [0.15, 0.2) is 0 Å². The van der Waals surface area contributed by atoms with Gasteiger partial charge in [-0.25, -0.2) is 0 Å². The van der Waals surface area contributed by atoms with E-state index < -0.39 is 0 Å². The van der Waals surface area contributed by atoms with Gasteiger partial charge in [-0.1, -0.05) is 205 Å². The molecule has 4 heteroatoms. The van der Waals surface area contributed by atoms with E-state index in [2.05, 4.69) is 9.47 Å². The quantitative estimate of drug-likeness (QED) is 0.0511. The molecule has 0 unspecified atom stereocenters. The van der Waals surface area contributed by atoms with Gasteiger partial charge in [-0.3, -0.25) is 9.59 Å². The summed E-state index contributed by atoms with van der Waals surface area (Å²) in [6.45, 7) is 0. The van der Waals surface area contributed by atoms with Crippen molar-refractivity contribution >= 4 is 11.9 Å². The average molecular weight is 623 g/mol. The summed E-state index contributed by atoms with van der Waals surface area (Å²) in [5.41, 5.74) is 0. The predicted molar refractivity (Wildman–Crippen MR) is 190 cm³/mol. The topological polar surface area (TPSA) is 52.6 Å². The van der Waals surface area contributed by atoms with Gasteiger partial charge in [0, 0.05) is 12.8 Å². The van der Waals surface area contributed by atoms with Crippen molar-refractivity contribution in [1.29, 1.82) is 0 Å². The number of carbonyl (C=O) groups is 2. The molecule has 0 aromatic heterocycles. The molecule has 0 amide bonds. The molecule has 0 aromatic rings. The van der Waals surface area contributed by atoms with E-state index in [9.17, 15) is 9.59 Å². The van der Waals surface area contributed by atoms with Crippen LogP contribution in [0.1, 0.15) is 231 Å². The summed E-state index contributed by atoms with van der Waals surface area (Å²) in [5, 5.41) is 0. The Morgan fingerprint density at radius 1 is 0.250 bits per heavy atom. The molecule has 0 rings (SSSR count). The lowest BCUT2D eigenvalue weighted by molar-refractivity contribution is -0.141. The zero-order valence-electron chi connectivity index (χ0n) is 30.1. The molecule has 262 valence electrons. The Morgan fingerprint density at radius 2 is 0.364 bits per heavy atom. The molecule has 0 fully saturated rings. The molecule has 0 aromatic carbocycles. The molecule has 44 heavy (non-hydrogen) atoms. The van der Waals surface area contributed by atoms with E-state index in [1.165, 1.54) is 220 Å². The van der Waals surface area contributed by atoms with Crippen molar-refractivity contribution in [1.82, 2.24) is 0 Å². The summed E-state index contributed by atoms with van der Waals surface area (Å²) in [5.74, 6) is -0.128. The smallest absolute Gasteiger partial charge is 0.305 e. The van der Waals surface area contributed by atoms with Crippen LogP contribution in [0, 0.1) is 0 Å². The summed E-state index contributed by atoms with van der Waals surface area (Å²) < 4.78 is 9.36. The molecule has 0 N–H and O–H groups in total. The standard InChI is InChI=1S/C40H78O4/c1-43-39(41)37-35-33-31-29-27-25-23-21-19-17-15-13-11-9-7-5-3-4-6-8-10-12-14-16-18-20-22-24-26-28-30-32-34-36-38-40(42)44-2/h3-38H2,1-2H3. The maximum Gasteiger partial charge on any atom is 0.305 e. The van der Waals surface area contributed by atoms with Crippen LogP contribution in [0.2, 0.25) is 0 Å². The van der Waals surface area contributed by atoms with E-state index >= 15 is 0 Å². The summed E-state index contributed by atoms with van der Waals surface area (Å²) in [7, 11) is 2.95. The molecule has 0 spiro atoms. The van der Waals surface area contributed by atoms with Gasteiger partial charge in [0.05, 0.1) is 14.2 Å². The largest absolute Gasteiger partial charge is 0.469 e. The Kier molecular flexibility index (Phi) is 37.2. The number of unbranched alkanes of at least 4 members (excludes halogenated alkanes) is 33. The first-order valence-corrected chi connectivity index (χ1v) is 19.8. The zero-order valence-corrected chi connectivity index (χ0v) is 30.1. The summed E-state index contributed by atoms with van der Waals surface area (Å²) >= 11 is 0. The number of esters is 2. The second kappa shape index (κ2) is 38.1. The number of hydrogen-bond donors (Lipinski definition) is 0. The molecule has 0 bridgehead atoms. The van der Waals surface area contributed by atoms with Gasteiger partial charge >= 0.3 is 11.9 Å². The highest BCUT2D eigenvalue weighted by Crippen LogP contribution is 2.17. The monoisotopic (exact) mass is 623 g/mol. The van der Waals surface area contributed by atoms with Gasteiger partial charge < -0.3 is 9.47 Å². The molecule has 0 atom stereocenters. The van der Waals surface area contributed by atoms with Gasteiger partial charge in [-0.15, -0.1) is 0 Å². The first kappa shape index (κ1) is 42.9. The third-order valence-electron chi connectivity index (χ3n) is 9.47. The number of rotatable bonds is 37. The Bertz CT molecular complexity index is 526. The molecular weight excluding hydrogens is 544 g/mol. The van der Waals surface area contributed by atoms with Crippen molar-refractivity contribution in [3.8, 4) is 0 Å². The summed E-state index contributed by atoms with van der Waals surface area (Å²) in [4.78, 5) is 22.1. The Balaban J connectivity index is 3.06. The van der Waals surface area contributed by atoms with E-state index in [1.807, 2.05) is 0 Å². The highest BCUT2D eigenvalue weighted by molar-refractivity contribution is 5.69. The molecule has 4 nitrogen and oxygen atoms in total. The van der Waals surface area contributed by atoms with Crippen LogP contribution in [0.3, 0.4) is 0 Å². The van der Waals surface area contributed by atoms with Gasteiger partial charge in [0.25, 0.3) is 0 Å². The Labute approximate surface area is 276 Å². The predicted octanol–water partition coefficient (Wildman–Crippen LogP) is 13.4. The molecule has 0 aliphatic carbocycles. The van der Waals surface area contributed by atoms with Crippen molar-refractivity contribution < 1.29 is 19.1 Å². The number of methoxy groups -OCH3 is 2. The van der Waals surface area contributed by atoms with Crippen molar-refractivity contribution in [3.63, 3.8) is 0 Å². The Hall–Kier alpha value is -1.06. The third-order valence-corrected chi connectivity index (χ3v) is 9.47. The minimum absolute atomic E-state index is 0.0639. The first-order valence-electron chi connectivity index (χ1n) is 19.8. The number of carbonyl (C=O) groups excluding carboxylic acids is 2. The van der Waals surface area contributed by atoms with E-state index in [0.29, 0.717) is 12.8 Å². The second-order valence-corrected chi connectivity index (χ2v) is 13.7. The highest BCUT2D eigenvalue weighted by Gasteiger charge is 2.01. The molecule has 0 aliphatic rings. The SMILES string of the molecule is COC(=O)CCCCCCCCCCCCCCCCCCCCCCCCCCCCCCCCCCCCC(=O)OC. The van der Waals surface area contributed by atoms with Crippen LogP contribution in [0.5, 0.6) is 0 Å². The van der Waals surface area contributed by atoms with Gasteiger partial charge in [-0.2, -0.15) is 0 Å². The lowest BCUT2D eigenvalue weighted by atomic mass is 10.0. The van der Waals surface area contributed by atoms with Crippen LogP contribution >= 0.6 is 0 Å². The van der Waals surface area contributed by atoms with Crippen LogP contribution in [0.25, 0.3) is 0 Å². The lowest BCUT2D eigenvalue weighted by Crippen LogP contribution is -1.99. The van der Waals surface area contributed by atoms with Gasteiger partial charge in [-0.05, 0) is 12.8 Å². The normalized spacial score (nSPS) is 11.2. The fourth-order valence-electron chi connectivity index (χ4n) is 6.40. The number of ether oxygens (including phenoxy) is 2. The molecule has 0 heterocycles. The molecule has 0 saturated carbocycles. The fraction of sp³-hybridized carbons (Fsp3) is 0.950. The minimum atomic E-state index is -0.0639. The average Bonchev–Trinajstić information content (AvgIpc) is 3.04. The van der Waals surface area contributed by atoms with Crippen LogP contribution in [-0.4, -0.2) is 26.2 Å². The summed E-state index contributed by atoms with van der Waals surface area (Å²) in [6, 6.07) is 0. The third kappa shape index (κ3) is 37.1. The minimum Gasteiger partial charge on any atom is -0.469 e.